The molecule has 0 aromatic rings. The normalized spacial score (nSPS) is 22.3. The van der Waals surface area contributed by atoms with Crippen molar-refractivity contribution in [3.8, 4) is 0 Å². The van der Waals surface area contributed by atoms with Crippen LogP contribution in [0.3, 0.4) is 0 Å². The van der Waals surface area contributed by atoms with Crippen LogP contribution in [0.5, 0.6) is 0 Å². The highest BCUT2D eigenvalue weighted by Gasteiger charge is 2.49. The third kappa shape index (κ3) is 3.83. The summed E-state index contributed by atoms with van der Waals surface area (Å²) in [7, 11) is 0. The molecule has 24 heavy (non-hydrogen) atoms. The highest BCUT2D eigenvalue weighted by molar-refractivity contribution is 6.09. The summed E-state index contributed by atoms with van der Waals surface area (Å²) < 4.78 is 0. The molecule has 2 fully saturated rings. The second-order valence-corrected chi connectivity index (χ2v) is 6.34. The number of hydrogen-bond donors (Lipinski definition) is 2. The first-order valence-electron chi connectivity index (χ1n) is 8.63. The zero-order chi connectivity index (χ0) is 17.0. The van der Waals surface area contributed by atoms with E-state index in [1.54, 1.807) is 0 Å². The second kappa shape index (κ2) is 8.67. The Morgan fingerprint density at radius 3 is 2.42 bits per heavy atom. The molecule has 2 N–H and O–H groups in total. The highest BCUT2D eigenvalue weighted by atomic mass is 35.5. The Hall–Kier alpha value is -1.34. The van der Waals surface area contributed by atoms with Gasteiger partial charge in [-0.3, -0.25) is 14.5 Å². The zero-order valence-corrected chi connectivity index (χ0v) is 15.6. The SMILES string of the molecule is CCCN(C(=O)CN1C(=O)NC(CC)(CC)C1=O)C1CCNC1.Cl. The van der Waals surface area contributed by atoms with Gasteiger partial charge in [0.2, 0.25) is 5.91 Å². The molecule has 2 aliphatic rings. The molecule has 0 bridgehead atoms. The molecular weight excluding hydrogens is 332 g/mol. The predicted molar refractivity (Wildman–Crippen MR) is 94.1 cm³/mol. The number of amides is 4. The number of carbonyl (C=O) groups is 3. The number of rotatable bonds is 7. The average molecular weight is 361 g/mol. The van der Waals surface area contributed by atoms with E-state index in [0.717, 1.165) is 30.8 Å². The number of imide groups is 1. The largest absolute Gasteiger partial charge is 0.337 e. The molecule has 2 rings (SSSR count). The van der Waals surface area contributed by atoms with Crippen LogP contribution in [0.4, 0.5) is 4.79 Å². The zero-order valence-electron chi connectivity index (χ0n) is 14.8. The monoisotopic (exact) mass is 360 g/mol. The van der Waals surface area contributed by atoms with E-state index in [-0.39, 0.29) is 36.8 Å². The van der Waals surface area contributed by atoms with E-state index in [1.807, 2.05) is 25.7 Å². The maximum Gasteiger partial charge on any atom is 0.325 e. The fourth-order valence-corrected chi connectivity index (χ4v) is 3.43. The van der Waals surface area contributed by atoms with E-state index in [4.69, 9.17) is 0 Å². The predicted octanol–water partition coefficient (Wildman–Crippen LogP) is 1.12. The Bertz CT molecular complexity index is 476. The van der Waals surface area contributed by atoms with Crippen molar-refractivity contribution < 1.29 is 14.4 Å². The maximum atomic E-state index is 12.7. The molecule has 0 aromatic carbocycles. The van der Waals surface area contributed by atoms with Gasteiger partial charge in [0.05, 0.1) is 0 Å². The summed E-state index contributed by atoms with van der Waals surface area (Å²) in [5, 5.41) is 6.02. The lowest BCUT2D eigenvalue weighted by molar-refractivity contribution is -0.140. The quantitative estimate of drug-likeness (QED) is 0.666. The molecule has 7 nitrogen and oxygen atoms in total. The number of halogens is 1. The van der Waals surface area contributed by atoms with Crippen molar-refractivity contribution in [3.05, 3.63) is 0 Å². The highest BCUT2D eigenvalue weighted by Crippen LogP contribution is 2.25. The van der Waals surface area contributed by atoms with Gasteiger partial charge in [-0.05, 0) is 32.2 Å². The molecule has 0 spiro atoms. The first-order valence-corrected chi connectivity index (χ1v) is 8.63. The molecule has 0 aromatic heterocycles. The van der Waals surface area contributed by atoms with E-state index in [2.05, 4.69) is 10.6 Å². The van der Waals surface area contributed by atoms with Crippen LogP contribution in [-0.4, -0.2) is 65.4 Å². The molecule has 1 unspecified atom stereocenters. The lowest BCUT2D eigenvalue weighted by Crippen LogP contribution is -2.49. The number of nitrogens with zero attached hydrogens (tertiary/aromatic N) is 2. The van der Waals surface area contributed by atoms with Crippen molar-refractivity contribution in [3.63, 3.8) is 0 Å². The van der Waals surface area contributed by atoms with Crippen molar-refractivity contribution in [2.24, 2.45) is 0 Å². The molecule has 1 atom stereocenters. The van der Waals surface area contributed by atoms with E-state index >= 15 is 0 Å². The summed E-state index contributed by atoms with van der Waals surface area (Å²) in [4.78, 5) is 40.3. The third-order valence-corrected chi connectivity index (χ3v) is 5.01. The number of carbonyl (C=O) groups excluding carboxylic acids is 3. The summed E-state index contributed by atoms with van der Waals surface area (Å²) in [6, 6.07) is -0.293. The number of hydrogen-bond acceptors (Lipinski definition) is 4. The minimum absolute atomic E-state index is 0. The molecule has 2 saturated heterocycles. The van der Waals surface area contributed by atoms with E-state index in [9.17, 15) is 14.4 Å². The van der Waals surface area contributed by atoms with Crippen LogP contribution in [0, 0.1) is 0 Å². The molecule has 2 heterocycles. The lowest BCUT2D eigenvalue weighted by atomic mass is 9.93. The van der Waals surface area contributed by atoms with Gasteiger partial charge in [-0.15, -0.1) is 12.4 Å². The van der Waals surface area contributed by atoms with Crippen LogP contribution < -0.4 is 10.6 Å². The van der Waals surface area contributed by atoms with E-state index in [1.165, 1.54) is 0 Å². The lowest BCUT2D eigenvalue weighted by Gasteiger charge is -2.30. The number of nitrogens with one attached hydrogen (secondary N) is 2. The Labute approximate surface area is 149 Å². The van der Waals surface area contributed by atoms with Crippen molar-refractivity contribution in [1.82, 2.24) is 20.4 Å². The van der Waals surface area contributed by atoms with Gasteiger partial charge in [0.15, 0.2) is 0 Å². The molecule has 138 valence electrons. The van der Waals surface area contributed by atoms with Crippen LogP contribution in [0.25, 0.3) is 0 Å². The van der Waals surface area contributed by atoms with Crippen LogP contribution in [0.2, 0.25) is 0 Å². The van der Waals surface area contributed by atoms with Crippen LogP contribution in [0.15, 0.2) is 0 Å². The summed E-state index contributed by atoms with van der Waals surface area (Å²) >= 11 is 0. The summed E-state index contributed by atoms with van der Waals surface area (Å²) in [6.45, 7) is 7.94. The molecule has 8 heteroatoms. The van der Waals surface area contributed by atoms with Crippen molar-refractivity contribution in [2.45, 2.75) is 58.0 Å². The van der Waals surface area contributed by atoms with Gasteiger partial charge in [0.1, 0.15) is 12.1 Å². The van der Waals surface area contributed by atoms with Gasteiger partial charge in [-0.1, -0.05) is 20.8 Å². The Kier molecular flexibility index (Phi) is 7.48. The number of urea groups is 1. The molecule has 0 radical (unpaired) electrons. The molecule has 0 aliphatic carbocycles. The molecule has 2 aliphatic heterocycles. The van der Waals surface area contributed by atoms with Crippen molar-refractivity contribution >= 4 is 30.3 Å². The van der Waals surface area contributed by atoms with Gasteiger partial charge < -0.3 is 15.5 Å². The van der Waals surface area contributed by atoms with Gasteiger partial charge in [0.25, 0.3) is 5.91 Å². The van der Waals surface area contributed by atoms with Gasteiger partial charge in [0, 0.05) is 19.1 Å². The molecule has 0 saturated carbocycles. The first kappa shape index (κ1) is 20.7. The Balaban J connectivity index is 0.00000288. The van der Waals surface area contributed by atoms with Gasteiger partial charge in [-0.2, -0.15) is 0 Å². The summed E-state index contributed by atoms with van der Waals surface area (Å²) in [5.74, 6) is -0.422. The Morgan fingerprint density at radius 1 is 1.29 bits per heavy atom. The van der Waals surface area contributed by atoms with E-state index < -0.39 is 11.6 Å². The summed E-state index contributed by atoms with van der Waals surface area (Å²) in [6.07, 6.45) is 2.84. The maximum absolute atomic E-state index is 12.7. The fourth-order valence-electron chi connectivity index (χ4n) is 3.43. The van der Waals surface area contributed by atoms with Gasteiger partial charge in [-0.25, -0.2) is 4.79 Å². The minimum atomic E-state index is -0.845. The summed E-state index contributed by atoms with van der Waals surface area (Å²) in [5.41, 5.74) is -0.845. The fraction of sp³-hybridized carbons (Fsp3) is 0.812. The smallest absolute Gasteiger partial charge is 0.325 e. The van der Waals surface area contributed by atoms with Crippen molar-refractivity contribution in [1.29, 1.82) is 0 Å². The standard InChI is InChI=1S/C16H28N4O3.ClH/c1-4-9-19(12-7-8-17-10-12)13(21)11-20-14(22)16(5-2,6-3)18-15(20)23;/h12,17H,4-11H2,1-3H3,(H,18,23);1H. The first-order chi connectivity index (χ1) is 11.0. The van der Waals surface area contributed by atoms with Crippen molar-refractivity contribution in [2.75, 3.05) is 26.2 Å². The van der Waals surface area contributed by atoms with Crippen LogP contribution in [0.1, 0.15) is 46.5 Å². The Morgan fingerprint density at radius 2 is 1.96 bits per heavy atom. The van der Waals surface area contributed by atoms with Gasteiger partial charge >= 0.3 is 6.03 Å². The van der Waals surface area contributed by atoms with E-state index in [0.29, 0.717) is 19.4 Å². The molecule has 4 amide bonds. The minimum Gasteiger partial charge on any atom is -0.337 e. The van der Waals surface area contributed by atoms with Crippen LogP contribution in [-0.2, 0) is 9.59 Å². The topological polar surface area (TPSA) is 81.8 Å². The second-order valence-electron chi connectivity index (χ2n) is 6.34. The average Bonchev–Trinajstić information content (AvgIpc) is 3.15. The van der Waals surface area contributed by atoms with Crippen LogP contribution >= 0.6 is 12.4 Å². The third-order valence-electron chi connectivity index (χ3n) is 5.01. The molecular formula is C16H29ClN4O3.